The zero-order valence-corrected chi connectivity index (χ0v) is 12.4. The molecule has 2 aliphatic heterocycles. The Bertz CT molecular complexity index is 527. The van der Waals surface area contributed by atoms with Crippen molar-refractivity contribution in [2.75, 3.05) is 26.2 Å². The fraction of sp³-hybridized carbons (Fsp3) is 0.500. The third-order valence-corrected chi connectivity index (χ3v) is 4.01. The van der Waals surface area contributed by atoms with Gasteiger partial charge in [0.05, 0.1) is 23.3 Å². The molecule has 0 spiro atoms. The molecule has 1 saturated heterocycles. The number of carbonyl (C=O) groups excluding carboxylic acids is 2. The third kappa shape index (κ3) is 2.71. The number of benzene rings is 1. The first-order valence-corrected chi connectivity index (χ1v) is 7.39. The molecule has 0 unspecified atom stereocenters. The Morgan fingerprint density at radius 1 is 1.00 bits per heavy atom. The summed E-state index contributed by atoms with van der Waals surface area (Å²) in [5, 5.41) is 0. The summed E-state index contributed by atoms with van der Waals surface area (Å²) in [6, 6.07) is 7.01. The van der Waals surface area contributed by atoms with Gasteiger partial charge in [-0.05, 0) is 26.0 Å². The fourth-order valence-electron chi connectivity index (χ4n) is 3.15. The minimum absolute atomic E-state index is 0.176. The van der Waals surface area contributed by atoms with Crippen LogP contribution in [0, 0.1) is 0 Å². The zero-order valence-electron chi connectivity index (χ0n) is 12.4. The molecule has 5 heteroatoms. The maximum absolute atomic E-state index is 12.3. The molecule has 2 aliphatic rings. The molecular weight excluding hydrogens is 268 g/mol. The quantitative estimate of drug-likeness (QED) is 0.789. The Balaban J connectivity index is 1.64. The molecule has 5 nitrogen and oxygen atoms in total. The van der Waals surface area contributed by atoms with E-state index in [1.807, 2.05) is 13.8 Å². The molecule has 1 aromatic carbocycles. The van der Waals surface area contributed by atoms with Crippen molar-refractivity contribution >= 4 is 11.8 Å². The number of fused-ring (bicyclic) bond motifs is 1. The van der Waals surface area contributed by atoms with Crippen molar-refractivity contribution in [3.8, 4) is 0 Å². The summed E-state index contributed by atoms with van der Waals surface area (Å²) in [7, 11) is 0. The van der Waals surface area contributed by atoms with Crippen molar-refractivity contribution < 1.29 is 14.3 Å². The zero-order chi connectivity index (χ0) is 15.0. The molecule has 1 aromatic rings. The predicted molar refractivity (Wildman–Crippen MR) is 78.3 cm³/mol. The van der Waals surface area contributed by atoms with Gasteiger partial charge in [0, 0.05) is 26.2 Å². The van der Waals surface area contributed by atoms with Gasteiger partial charge in [-0.2, -0.15) is 0 Å². The Hall–Kier alpha value is -1.72. The summed E-state index contributed by atoms with van der Waals surface area (Å²) in [6.07, 6.45) is 0.381. The SMILES string of the molecule is C[C@@H]1CN(CCN2C(=O)c3ccccc3C2=O)C[C@H](C)O1. The molecule has 0 bridgehead atoms. The topological polar surface area (TPSA) is 49.9 Å². The second kappa shape index (κ2) is 5.58. The number of hydrogen-bond acceptors (Lipinski definition) is 4. The molecule has 112 valence electrons. The van der Waals surface area contributed by atoms with Crippen molar-refractivity contribution in [1.29, 1.82) is 0 Å². The molecule has 2 atom stereocenters. The highest BCUT2D eigenvalue weighted by Gasteiger charge is 2.35. The lowest BCUT2D eigenvalue weighted by molar-refractivity contribution is -0.0684. The normalized spacial score (nSPS) is 26.3. The van der Waals surface area contributed by atoms with Gasteiger partial charge in [0.15, 0.2) is 0 Å². The molecule has 0 N–H and O–H groups in total. The highest BCUT2D eigenvalue weighted by molar-refractivity contribution is 6.21. The summed E-state index contributed by atoms with van der Waals surface area (Å²) in [5.74, 6) is -0.352. The summed E-state index contributed by atoms with van der Waals surface area (Å²) >= 11 is 0. The van der Waals surface area contributed by atoms with Gasteiger partial charge in [-0.1, -0.05) is 12.1 Å². The monoisotopic (exact) mass is 288 g/mol. The van der Waals surface area contributed by atoms with Crippen molar-refractivity contribution in [2.24, 2.45) is 0 Å². The van der Waals surface area contributed by atoms with E-state index in [-0.39, 0.29) is 24.0 Å². The molecule has 0 saturated carbocycles. The number of amides is 2. The first-order chi connectivity index (χ1) is 10.1. The van der Waals surface area contributed by atoms with Crippen LogP contribution in [0.2, 0.25) is 0 Å². The summed E-state index contributed by atoms with van der Waals surface area (Å²) in [4.78, 5) is 28.1. The van der Waals surface area contributed by atoms with Crippen LogP contribution in [-0.4, -0.2) is 60.0 Å². The van der Waals surface area contributed by atoms with E-state index in [1.165, 1.54) is 4.90 Å². The van der Waals surface area contributed by atoms with Crippen molar-refractivity contribution in [3.63, 3.8) is 0 Å². The van der Waals surface area contributed by atoms with E-state index in [2.05, 4.69) is 4.90 Å². The standard InChI is InChI=1S/C16H20N2O3/c1-11-9-17(10-12(2)21-11)7-8-18-15(19)13-5-3-4-6-14(13)16(18)20/h3-6,11-12H,7-10H2,1-2H3/t11-,12+. The van der Waals surface area contributed by atoms with E-state index in [9.17, 15) is 9.59 Å². The van der Waals surface area contributed by atoms with Gasteiger partial charge in [-0.15, -0.1) is 0 Å². The highest BCUT2D eigenvalue weighted by Crippen LogP contribution is 2.22. The van der Waals surface area contributed by atoms with Crippen LogP contribution in [-0.2, 0) is 4.74 Å². The Morgan fingerprint density at radius 2 is 1.52 bits per heavy atom. The van der Waals surface area contributed by atoms with Gasteiger partial charge in [-0.25, -0.2) is 0 Å². The van der Waals surface area contributed by atoms with E-state index in [1.54, 1.807) is 24.3 Å². The van der Waals surface area contributed by atoms with Crippen LogP contribution in [0.5, 0.6) is 0 Å². The van der Waals surface area contributed by atoms with E-state index >= 15 is 0 Å². The largest absolute Gasteiger partial charge is 0.373 e. The van der Waals surface area contributed by atoms with Gasteiger partial charge in [0.1, 0.15) is 0 Å². The Kier molecular flexibility index (Phi) is 3.78. The molecule has 21 heavy (non-hydrogen) atoms. The Morgan fingerprint density at radius 3 is 2.05 bits per heavy atom. The summed E-state index contributed by atoms with van der Waals surface area (Å²) < 4.78 is 5.69. The number of carbonyl (C=O) groups is 2. The second-order valence-electron chi connectivity index (χ2n) is 5.82. The van der Waals surface area contributed by atoms with Gasteiger partial charge in [-0.3, -0.25) is 19.4 Å². The van der Waals surface area contributed by atoms with E-state index in [0.29, 0.717) is 24.2 Å². The fourth-order valence-corrected chi connectivity index (χ4v) is 3.15. The molecule has 1 fully saturated rings. The van der Waals surface area contributed by atoms with Crippen molar-refractivity contribution in [3.05, 3.63) is 35.4 Å². The average Bonchev–Trinajstić information content (AvgIpc) is 2.69. The van der Waals surface area contributed by atoms with E-state index in [4.69, 9.17) is 4.74 Å². The summed E-state index contributed by atoms with van der Waals surface area (Å²) in [5.41, 5.74) is 1.04. The van der Waals surface area contributed by atoms with Crippen LogP contribution in [0.15, 0.2) is 24.3 Å². The lowest BCUT2D eigenvalue weighted by Gasteiger charge is -2.35. The number of ether oxygens (including phenoxy) is 1. The number of morpholine rings is 1. The van der Waals surface area contributed by atoms with Crippen LogP contribution < -0.4 is 0 Å². The minimum atomic E-state index is -0.176. The second-order valence-corrected chi connectivity index (χ2v) is 5.82. The predicted octanol–water partition coefficient (Wildman–Crippen LogP) is 1.39. The number of hydrogen-bond donors (Lipinski definition) is 0. The first kappa shape index (κ1) is 14.2. The van der Waals surface area contributed by atoms with E-state index in [0.717, 1.165) is 13.1 Å². The Labute approximate surface area is 124 Å². The van der Waals surface area contributed by atoms with Crippen LogP contribution in [0.4, 0.5) is 0 Å². The number of rotatable bonds is 3. The third-order valence-electron chi connectivity index (χ3n) is 4.01. The molecule has 2 amide bonds. The van der Waals surface area contributed by atoms with Gasteiger partial charge >= 0.3 is 0 Å². The first-order valence-electron chi connectivity index (χ1n) is 7.39. The van der Waals surface area contributed by atoms with Crippen LogP contribution in [0.3, 0.4) is 0 Å². The van der Waals surface area contributed by atoms with Gasteiger partial charge < -0.3 is 4.74 Å². The van der Waals surface area contributed by atoms with Crippen LogP contribution in [0.25, 0.3) is 0 Å². The molecule has 2 heterocycles. The molecule has 3 rings (SSSR count). The van der Waals surface area contributed by atoms with Crippen molar-refractivity contribution in [1.82, 2.24) is 9.80 Å². The van der Waals surface area contributed by atoms with Crippen LogP contribution >= 0.6 is 0 Å². The van der Waals surface area contributed by atoms with Crippen LogP contribution in [0.1, 0.15) is 34.6 Å². The lowest BCUT2D eigenvalue weighted by atomic mass is 10.1. The van der Waals surface area contributed by atoms with Gasteiger partial charge in [0.25, 0.3) is 11.8 Å². The molecular formula is C16H20N2O3. The maximum atomic E-state index is 12.3. The molecule has 0 radical (unpaired) electrons. The maximum Gasteiger partial charge on any atom is 0.261 e. The average molecular weight is 288 g/mol. The van der Waals surface area contributed by atoms with Crippen molar-refractivity contribution in [2.45, 2.75) is 26.1 Å². The van der Waals surface area contributed by atoms with E-state index < -0.39 is 0 Å². The summed E-state index contributed by atoms with van der Waals surface area (Å²) in [6.45, 7) is 6.91. The highest BCUT2D eigenvalue weighted by atomic mass is 16.5. The smallest absolute Gasteiger partial charge is 0.261 e. The number of nitrogens with zero attached hydrogens (tertiary/aromatic N) is 2. The minimum Gasteiger partial charge on any atom is -0.373 e. The number of imide groups is 1. The molecule has 0 aromatic heterocycles. The lowest BCUT2D eigenvalue weighted by Crippen LogP contribution is -2.48. The van der Waals surface area contributed by atoms with Gasteiger partial charge in [0.2, 0.25) is 0 Å². The molecule has 0 aliphatic carbocycles.